The van der Waals surface area contributed by atoms with Crippen molar-refractivity contribution in [3.63, 3.8) is 0 Å². The number of aliphatic imine (C=N–C) groups is 1. The fraction of sp³-hybridized carbons (Fsp3) is 0. The Labute approximate surface area is 138 Å². The average Bonchev–Trinajstić information content (AvgIpc) is 2.84. The third-order valence-corrected chi connectivity index (χ3v) is 3.65. The van der Waals surface area contributed by atoms with E-state index in [0.717, 1.165) is 0 Å². The first kappa shape index (κ1) is 14.9. The summed E-state index contributed by atoms with van der Waals surface area (Å²) in [4.78, 5) is 20.0. The molecule has 0 saturated carbocycles. The van der Waals surface area contributed by atoms with E-state index >= 15 is 0 Å². The number of rotatable bonds is 2. The van der Waals surface area contributed by atoms with Crippen molar-refractivity contribution in [2.75, 3.05) is 0 Å². The Kier molecular flexibility index (Phi) is 4.04. The van der Waals surface area contributed by atoms with Crippen molar-refractivity contribution in [3.8, 4) is 0 Å². The molecule has 0 spiro atoms. The second-order valence-corrected chi connectivity index (χ2v) is 5.66. The van der Waals surface area contributed by atoms with Gasteiger partial charge in [-0.3, -0.25) is 4.98 Å². The number of ether oxygens (including phenoxy) is 1. The summed E-state index contributed by atoms with van der Waals surface area (Å²) >= 11 is 8.95. The van der Waals surface area contributed by atoms with Gasteiger partial charge in [0, 0.05) is 11.2 Å². The number of hydrogen-bond donors (Lipinski definition) is 0. The van der Waals surface area contributed by atoms with Crippen molar-refractivity contribution in [2.45, 2.75) is 0 Å². The van der Waals surface area contributed by atoms with Crippen molar-refractivity contribution in [1.82, 2.24) is 4.98 Å². The lowest BCUT2D eigenvalue weighted by Crippen LogP contribution is -2.06. The molecular formula is C15H7BrClFN2O2. The smallest absolute Gasteiger partial charge is 0.363 e. The fourth-order valence-corrected chi connectivity index (χ4v) is 2.36. The molecule has 22 heavy (non-hydrogen) atoms. The van der Waals surface area contributed by atoms with Gasteiger partial charge in [0.25, 0.3) is 0 Å². The molecule has 1 aliphatic rings. The zero-order valence-electron chi connectivity index (χ0n) is 10.9. The minimum atomic E-state index is -0.600. The summed E-state index contributed by atoms with van der Waals surface area (Å²) in [7, 11) is 0. The molecule has 0 unspecified atom stereocenters. The molecule has 0 N–H and O–H groups in total. The van der Waals surface area contributed by atoms with Gasteiger partial charge < -0.3 is 4.74 Å². The summed E-state index contributed by atoms with van der Waals surface area (Å²) in [5, 5.41) is 0.462. The van der Waals surface area contributed by atoms with E-state index in [2.05, 4.69) is 25.9 Å². The predicted molar refractivity (Wildman–Crippen MR) is 84.0 cm³/mol. The van der Waals surface area contributed by atoms with Gasteiger partial charge in [0.1, 0.15) is 11.5 Å². The number of carbonyl (C=O) groups excluding carboxylic acids is 1. The molecule has 3 rings (SSSR count). The SMILES string of the molecule is O=C1OC(c2cc(Cl)ccn2)=N/C1=C\c1ccc(F)c(Br)c1. The van der Waals surface area contributed by atoms with Crippen LogP contribution in [0.1, 0.15) is 11.3 Å². The van der Waals surface area contributed by atoms with Crippen LogP contribution in [0.25, 0.3) is 6.08 Å². The maximum Gasteiger partial charge on any atom is 0.363 e. The largest absolute Gasteiger partial charge is 0.400 e. The summed E-state index contributed by atoms with van der Waals surface area (Å²) in [6.07, 6.45) is 3.00. The number of aromatic nitrogens is 1. The predicted octanol–water partition coefficient (Wildman–Crippen LogP) is 3.98. The number of benzene rings is 1. The van der Waals surface area contributed by atoms with Gasteiger partial charge in [-0.1, -0.05) is 17.7 Å². The number of halogens is 3. The lowest BCUT2D eigenvalue weighted by molar-refractivity contribution is -0.129. The zero-order chi connectivity index (χ0) is 15.7. The summed E-state index contributed by atoms with van der Waals surface area (Å²) in [6.45, 7) is 0. The van der Waals surface area contributed by atoms with E-state index in [-0.39, 0.29) is 17.4 Å². The van der Waals surface area contributed by atoms with Crippen LogP contribution in [0.5, 0.6) is 0 Å². The second kappa shape index (κ2) is 5.98. The first-order valence-electron chi connectivity index (χ1n) is 6.12. The minimum absolute atomic E-state index is 0.0833. The highest BCUT2D eigenvalue weighted by atomic mass is 79.9. The maximum atomic E-state index is 13.2. The van der Waals surface area contributed by atoms with Gasteiger partial charge in [0.15, 0.2) is 5.70 Å². The van der Waals surface area contributed by atoms with Crippen LogP contribution < -0.4 is 0 Å². The molecule has 1 aromatic heterocycles. The van der Waals surface area contributed by atoms with Gasteiger partial charge in [-0.05, 0) is 51.8 Å². The van der Waals surface area contributed by atoms with E-state index in [1.807, 2.05) is 0 Å². The highest BCUT2D eigenvalue weighted by Crippen LogP contribution is 2.22. The molecule has 1 aromatic carbocycles. The number of carbonyl (C=O) groups is 1. The van der Waals surface area contributed by atoms with Crippen LogP contribution in [-0.2, 0) is 9.53 Å². The van der Waals surface area contributed by atoms with Crippen LogP contribution in [0.2, 0.25) is 5.02 Å². The van der Waals surface area contributed by atoms with Crippen LogP contribution in [-0.4, -0.2) is 16.9 Å². The Morgan fingerprint density at radius 2 is 2.09 bits per heavy atom. The highest BCUT2D eigenvalue weighted by Gasteiger charge is 2.25. The Balaban J connectivity index is 1.95. The average molecular weight is 382 g/mol. The van der Waals surface area contributed by atoms with Crippen LogP contribution in [0.3, 0.4) is 0 Å². The van der Waals surface area contributed by atoms with E-state index in [1.54, 1.807) is 18.2 Å². The number of hydrogen-bond acceptors (Lipinski definition) is 4. The standard InChI is InChI=1S/C15H7BrClFN2O2/c16-10-5-8(1-2-11(10)18)6-13-15(21)22-14(20-13)12-7-9(17)3-4-19-12/h1-7H/b13-6-. The lowest BCUT2D eigenvalue weighted by Gasteiger charge is -1.98. The van der Waals surface area contributed by atoms with Crippen molar-refractivity contribution >= 4 is 45.5 Å². The molecule has 2 aromatic rings. The summed E-state index contributed by atoms with van der Waals surface area (Å²) in [5.41, 5.74) is 1.09. The molecule has 0 bridgehead atoms. The summed E-state index contributed by atoms with van der Waals surface area (Å²) in [6, 6.07) is 7.52. The van der Waals surface area contributed by atoms with Crippen LogP contribution in [0, 0.1) is 5.82 Å². The number of cyclic esters (lactones) is 1. The van der Waals surface area contributed by atoms with Gasteiger partial charge >= 0.3 is 5.97 Å². The molecule has 0 aliphatic carbocycles. The molecular weight excluding hydrogens is 375 g/mol. The van der Waals surface area contributed by atoms with Crippen molar-refractivity contribution in [1.29, 1.82) is 0 Å². The highest BCUT2D eigenvalue weighted by molar-refractivity contribution is 9.10. The van der Waals surface area contributed by atoms with Gasteiger partial charge in [-0.25, -0.2) is 14.2 Å². The summed E-state index contributed by atoms with van der Waals surface area (Å²) in [5.74, 6) is -0.902. The molecule has 0 saturated heterocycles. The zero-order valence-corrected chi connectivity index (χ0v) is 13.2. The fourth-order valence-electron chi connectivity index (χ4n) is 1.80. The third-order valence-electron chi connectivity index (χ3n) is 2.81. The molecule has 110 valence electrons. The Morgan fingerprint density at radius 1 is 1.27 bits per heavy atom. The monoisotopic (exact) mass is 380 g/mol. The Bertz CT molecular complexity index is 836. The van der Waals surface area contributed by atoms with Crippen molar-refractivity contribution in [2.24, 2.45) is 4.99 Å². The molecule has 0 radical (unpaired) electrons. The third kappa shape index (κ3) is 3.08. The van der Waals surface area contributed by atoms with Gasteiger partial charge in [-0.15, -0.1) is 0 Å². The van der Waals surface area contributed by atoms with E-state index < -0.39 is 5.97 Å². The van der Waals surface area contributed by atoms with Crippen LogP contribution >= 0.6 is 27.5 Å². The first-order valence-corrected chi connectivity index (χ1v) is 7.29. The van der Waals surface area contributed by atoms with Crippen molar-refractivity contribution in [3.05, 3.63) is 68.8 Å². The van der Waals surface area contributed by atoms with Gasteiger partial charge in [-0.2, -0.15) is 0 Å². The number of nitrogens with zero attached hydrogens (tertiary/aromatic N) is 2. The second-order valence-electron chi connectivity index (χ2n) is 4.37. The van der Waals surface area contributed by atoms with E-state index in [1.165, 1.54) is 24.4 Å². The van der Waals surface area contributed by atoms with E-state index in [4.69, 9.17) is 16.3 Å². The summed E-state index contributed by atoms with van der Waals surface area (Å²) < 4.78 is 18.6. The van der Waals surface area contributed by atoms with Crippen LogP contribution in [0.15, 0.2) is 51.7 Å². The normalized spacial score (nSPS) is 15.9. The topological polar surface area (TPSA) is 51.5 Å². The molecule has 4 nitrogen and oxygen atoms in total. The number of pyridine rings is 1. The molecule has 1 aliphatic heterocycles. The molecule has 0 fully saturated rings. The quantitative estimate of drug-likeness (QED) is 0.584. The molecule has 0 atom stereocenters. The number of esters is 1. The van der Waals surface area contributed by atoms with E-state index in [9.17, 15) is 9.18 Å². The van der Waals surface area contributed by atoms with Gasteiger partial charge in [0.2, 0.25) is 5.90 Å². The van der Waals surface area contributed by atoms with Crippen molar-refractivity contribution < 1.29 is 13.9 Å². The van der Waals surface area contributed by atoms with Crippen LogP contribution in [0.4, 0.5) is 4.39 Å². The Morgan fingerprint density at radius 3 is 2.82 bits per heavy atom. The first-order chi connectivity index (χ1) is 10.5. The lowest BCUT2D eigenvalue weighted by atomic mass is 10.2. The minimum Gasteiger partial charge on any atom is -0.400 e. The van der Waals surface area contributed by atoms with Gasteiger partial charge in [0.05, 0.1) is 4.47 Å². The molecule has 2 heterocycles. The molecule has 0 amide bonds. The van der Waals surface area contributed by atoms with E-state index in [0.29, 0.717) is 20.8 Å². The maximum absolute atomic E-state index is 13.2. The Hall–Kier alpha value is -2.05. The molecule has 7 heteroatoms.